The molecule has 8 heterocycles. The number of nitrogens with one attached hydrogen (secondary N) is 2. The molecule has 0 aliphatic carbocycles. The molecule has 3 aliphatic heterocycles. The van der Waals surface area contributed by atoms with Crippen LogP contribution in [0.15, 0.2) is 90.1 Å². The van der Waals surface area contributed by atoms with Crippen molar-refractivity contribution in [3.05, 3.63) is 109 Å². The van der Waals surface area contributed by atoms with Crippen molar-refractivity contribution in [3.63, 3.8) is 0 Å². The fourth-order valence-corrected chi connectivity index (χ4v) is 6.71. The van der Waals surface area contributed by atoms with Crippen LogP contribution >= 0.6 is 0 Å². The van der Waals surface area contributed by atoms with Crippen molar-refractivity contribution in [2.24, 2.45) is 0 Å². The number of oxazole rings is 1. The number of ether oxygens (including phenoxy) is 2. The topological polar surface area (TPSA) is 156 Å². The van der Waals surface area contributed by atoms with Crippen molar-refractivity contribution in [1.82, 2.24) is 40.3 Å². The van der Waals surface area contributed by atoms with Gasteiger partial charge in [0.05, 0.1) is 68.0 Å². The van der Waals surface area contributed by atoms with Crippen molar-refractivity contribution in [2.75, 3.05) is 79.3 Å². The summed E-state index contributed by atoms with van der Waals surface area (Å²) in [7, 11) is 0. The van der Waals surface area contributed by atoms with E-state index in [1.54, 1.807) is 35.6 Å². The largest absolute Gasteiger partial charge is 0.443 e. The van der Waals surface area contributed by atoms with E-state index in [2.05, 4.69) is 45.6 Å². The monoisotopic (exact) mass is 830 g/mol. The van der Waals surface area contributed by atoms with Gasteiger partial charge in [0.15, 0.2) is 29.1 Å². The lowest BCUT2D eigenvalue weighted by Crippen LogP contribution is -2.46. The number of anilines is 5. The van der Waals surface area contributed by atoms with Crippen LogP contribution in [0, 0.1) is 11.6 Å². The van der Waals surface area contributed by atoms with Gasteiger partial charge in [-0.15, -0.1) is 0 Å². The van der Waals surface area contributed by atoms with Crippen LogP contribution in [0.25, 0.3) is 23.1 Å². The Labute approximate surface area is 340 Å². The zero-order valence-electron chi connectivity index (χ0n) is 32.0. The fourth-order valence-electron chi connectivity index (χ4n) is 6.71. The summed E-state index contributed by atoms with van der Waals surface area (Å²) in [4.78, 5) is 33.7. The highest BCUT2D eigenvalue weighted by atomic mass is 19.4. The molecular formula is C40H39F5N12O3. The van der Waals surface area contributed by atoms with E-state index < -0.39 is 23.4 Å². The maximum absolute atomic E-state index is 14.4. The second-order valence-electron chi connectivity index (χ2n) is 13.8. The number of benzene rings is 1. The predicted molar refractivity (Wildman–Crippen MR) is 210 cm³/mol. The first-order valence-electron chi connectivity index (χ1n) is 19.2. The third-order valence-corrected chi connectivity index (χ3v) is 9.73. The number of alkyl halides is 3. The van der Waals surface area contributed by atoms with E-state index in [1.165, 1.54) is 18.5 Å². The molecule has 0 amide bonds. The average Bonchev–Trinajstić information content (AvgIpc) is 3.79. The summed E-state index contributed by atoms with van der Waals surface area (Å²) in [6, 6.07) is 13.9. The maximum Gasteiger partial charge on any atom is 0.416 e. The summed E-state index contributed by atoms with van der Waals surface area (Å²) >= 11 is 0. The number of nitrogens with zero attached hydrogens (tertiary/aromatic N) is 10. The van der Waals surface area contributed by atoms with Crippen LogP contribution < -0.4 is 25.6 Å². The second kappa shape index (κ2) is 18.3. The lowest BCUT2D eigenvalue weighted by Gasteiger charge is -2.34. The molecule has 9 rings (SSSR count). The van der Waals surface area contributed by atoms with E-state index in [1.807, 2.05) is 28.0 Å². The van der Waals surface area contributed by atoms with Crippen LogP contribution in [0.4, 0.5) is 50.9 Å². The first-order chi connectivity index (χ1) is 29.2. The second-order valence-corrected chi connectivity index (χ2v) is 13.8. The Balaban J connectivity index is 0.000000180. The van der Waals surface area contributed by atoms with Gasteiger partial charge in [0, 0.05) is 44.6 Å². The highest BCUT2D eigenvalue weighted by Gasteiger charge is 2.31. The van der Waals surface area contributed by atoms with Gasteiger partial charge in [-0.1, -0.05) is 12.1 Å². The Morgan fingerprint density at radius 2 is 1.43 bits per heavy atom. The van der Waals surface area contributed by atoms with Gasteiger partial charge in [0.1, 0.15) is 17.7 Å². The van der Waals surface area contributed by atoms with E-state index >= 15 is 0 Å². The molecule has 1 aromatic carbocycles. The molecule has 312 valence electrons. The molecule has 3 aliphatic rings. The summed E-state index contributed by atoms with van der Waals surface area (Å²) in [6.45, 7) is 5.10. The van der Waals surface area contributed by atoms with E-state index in [9.17, 15) is 22.0 Å². The normalized spacial score (nSPS) is 17.2. The quantitative estimate of drug-likeness (QED) is 0.158. The molecule has 60 heavy (non-hydrogen) atoms. The minimum Gasteiger partial charge on any atom is -0.443 e. The minimum absolute atomic E-state index is 0.123. The van der Waals surface area contributed by atoms with Crippen molar-refractivity contribution in [3.8, 4) is 23.1 Å². The number of hydrogen-bond donors (Lipinski definition) is 2. The average molecular weight is 831 g/mol. The summed E-state index contributed by atoms with van der Waals surface area (Å²) in [5, 5.41) is 4.76. The van der Waals surface area contributed by atoms with Gasteiger partial charge >= 0.3 is 6.18 Å². The molecule has 0 bridgehead atoms. The fraction of sp³-hybridized carbons (Fsp3) is 0.325. The van der Waals surface area contributed by atoms with Gasteiger partial charge in [-0.05, 0) is 55.3 Å². The zero-order chi connectivity index (χ0) is 41.5. The van der Waals surface area contributed by atoms with Crippen LogP contribution in [0.3, 0.4) is 0 Å². The first-order valence-corrected chi connectivity index (χ1v) is 19.2. The van der Waals surface area contributed by atoms with Crippen LogP contribution in [-0.2, 0) is 15.7 Å². The molecule has 15 nitrogen and oxygen atoms in total. The summed E-state index contributed by atoms with van der Waals surface area (Å²) in [6.07, 6.45) is 4.28. The van der Waals surface area contributed by atoms with E-state index in [0.29, 0.717) is 99.6 Å². The highest BCUT2D eigenvalue weighted by molar-refractivity contribution is 5.60. The van der Waals surface area contributed by atoms with Gasteiger partial charge in [-0.2, -0.15) is 18.2 Å². The number of hydrogen-bond acceptors (Lipinski definition) is 15. The number of rotatable bonds is 8. The molecule has 3 fully saturated rings. The minimum atomic E-state index is -4.41. The Bertz CT molecular complexity index is 2340. The maximum atomic E-state index is 14.4. The molecule has 0 radical (unpaired) electrons. The number of halogens is 5. The Morgan fingerprint density at radius 1 is 0.700 bits per heavy atom. The lowest BCUT2D eigenvalue weighted by molar-refractivity contribution is -0.137. The Kier molecular flexibility index (Phi) is 12.3. The standard InChI is InChI=1S/C24H25F4N7O.C16H14FN5O2/c25-19-15-30-23(32-22(19)34-9-11-36-12-10-34)35-8-2-5-21(33-35)20-7-6-18(14-29-20)31-17-4-1-3-16(13-17)24(26,27)28;17-11-9-19-14(21-15(11)22-5-7-23-8-6-22)13-10-24-16(20-13)12-3-1-2-4-18-12/h1,3-4,6-7,13-15,21,31,33H,2,5,8-12H2;1-4,9-10H,5-8H2. The van der Waals surface area contributed by atoms with Gasteiger partial charge in [-0.3, -0.25) is 15.0 Å². The number of pyridine rings is 2. The summed E-state index contributed by atoms with van der Waals surface area (Å²) in [5.74, 6) is 0.635. The third kappa shape index (κ3) is 9.73. The predicted octanol–water partition coefficient (Wildman–Crippen LogP) is 6.63. The molecular weight excluding hydrogens is 792 g/mol. The van der Waals surface area contributed by atoms with E-state index in [0.717, 1.165) is 36.9 Å². The molecule has 6 aromatic rings. The third-order valence-electron chi connectivity index (χ3n) is 9.73. The highest BCUT2D eigenvalue weighted by Crippen LogP contribution is 2.32. The van der Waals surface area contributed by atoms with Crippen molar-refractivity contribution in [2.45, 2.75) is 25.1 Å². The van der Waals surface area contributed by atoms with Crippen LogP contribution in [0.5, 0.6) is 0 Å². The molecule has 1 atom stereocenters. The Morgan fingerprint density at radius 3 is 2.12 bits per heavy atom. The van der Waals surface area contributed by atoms with Crippen LogP contribution in [0.1, 0.15) is 30.1 Å². The van der Waals surface area contributed by atoms with Gasteiger partial charge in [0.2, 0.25) is 11.8 Å². The first kappa shape index (κ1) is 40.4. The number of hydrazine groups is 1. The van der Waals surface area contributed by atoms with E-state index in [4.69, 9.17) is 13.9 Å². The van der Waals surface area contributed by atoms with Crippen molar-refractivity contribution >= 4 is 29.0 Å². The smallest absolute Gasteiger partial charge is 0.416 e. The molecule has 20 heteroatoms. The van der Waals surface area contributed by atoms with Gasteiger partial charge < -0.3 is 29.0 Å². The molecule has 1 unspecified atom stereocenters. The van der Waals surface area contributed by atoms with Crippen LogP contribution in [-0.4, -0.2) is 94.0 Å². The van der Waals surface area contributed by atoms with Gasteiger partial charge in [-0.25, -0.2) is 34.1 Å². The zero-order valence-corrected chi connectivity index (χ0v) is 32.0. The lowest BCUT2D eigenvalue weighted by atomic mass is 10.1. The number of morpholine rings is 2. The van der Waals surface area contributed by atoms with Crippen molar-refractivity contribution in [1.29, 1.82) is 0 Å². The molecule has 0 spiro atoms. The summed E-state index contributed by atoms with van der Waals surface area (Å²) < 4.78 is 83.5. The SMILES string of the molecule is Fc1cnc(-c2coc(-c3ccccn3)n2)nc1N1CCOCC1.Fc1cnc(N2CCCC(c3ccc(Nc4cccc(C(F)(F)F)c4)cn3)N2)nc1N1CCOCC1. The van der Waals surface area contributed by atoms with Crippen LogP contribution in [0.2, 0.25) is 0 Å². The molecule has 5 aromatic heterocycles. The van der Waals surface area contributed by atoms with Crippen molar-refractivity contribution < 1.29 is 35.8 Å². The molecule has 0 saturated carbocycles. The molecule has 3 saturated heterocycles. The molecule has 2 N–H and O–H groups in total. The number of aromatic nitrogens is 7. The van der Waals surface area contributed by atoms with Gasteiger partial charge in [0.25, 0.3) is 0 Å². The summed E-state index contributed by atoms with van der Waals surface area (Å²) in [5.41, 5.74) is 5.36. The van der Waals surface area contributed by atoms with E-state index in [-0.39, 0.29) is 17.7 Å². The Hall–Kier alpha value is -6.38.